The third kappa shape index (κ3) is 5.07. The van der Waals surface area contributed by atoms with Crippen molar-refractivity contribution in [3.8, 4) is 0 Å². The van der Waals surface area contributed by atoms with E-state index in [2.05, 4.69) is 13.8 Å². The number of carbonyl (C=O) groups excluding carboxylic acids is 2. The van der Waals surface area contributed by atoms with Crippen molar-refractivity contribution in [3.63, 3.8) is 0 Å². The summed E-state index contributed by atoms with van der Waals surface area (Å²) in [7, 11) is 3.55. The van der Waals surface area contributed by atoms with Gasteiger partial charge in [0.25, 0.3) is 0 Å². The van der Waals surface area contributed by atoms with Gasteiger partial charge in [0, 0.05) is 20.0 Å². The van der Waals surface area contributed by atoms with Crippen molar-refractivity contribution in [1.29, 1.82) is 0 Å². The summed E-state index contributed by atoms with van der Waals surface area (Å²) in [5.74, 6) is 3.11. The zero-order chi connectivity index (χ0) is 18.3. The molecule has 3 rings (SSSR count). The zero-order valence-corrected chi connectivity index (χ0v) is 16.8. The molecule has 3 heteroatoms. The lowest BCUT2D eigenvalue weighted by molar-refractivity contribution is -0.138. The smallest absolute Gasteiger partial charge is 0.226 e. The Balaban J connectivity index is 0.000000245. The molecule has 0 radical (unpaired) electrons. The summed E-state index contributed by atoms with van der Waals surface area (Å²) < 4.78 is 0. The fourth-order valence-corrected chi connectivity index (χ4v) is 4.70. The topological polar surface area (TPSA) is 37.4 Å². The molecule has 6 atom stereocenters. The van der Waals surface area contributed by atoms with Crippen LogP contribution in [0.5, 0.6) is 0 Å². The summed E-state index contributed by atoms with van der Waals surface area (Å²) in [6.45, 7) is 8.76. The third-order valence-corrected chi connectivity index (χ3v) is 6.40. The fourth-order valence-electron chi connectivity index (χ4n) is 4.70. The maximum absolute atomic E-state index is 11.9. The molecule has 2 bridgehead atoms. The molecule has 3 fully saturated rings. The van der Waals surface area contributed by atoms with Gasteiger partial charge in [0.05, 0.1) is 5.92 Å². The average molecular weight is 338 g/mol. The highest BCUT2D eigenvalue weighted by Crippen LogP contribution is 2.51. The van der Waals surface area contributed by atoms with Gasteiger partial charge < -0.3 is 9.69 Å². The first-order valence-corrected chi connectivity index (χ1v) is 10.1. The normalized spacial score (nSPS) is 36.8. The van der Waals surface area contributed by atoms with Crippen molar-refractivity contribution in [2.45, 2.75) is 72.6 Å². The van der Waals surface area contributed by atoms with Crippen LogP contribution in [0.25, 0.3) is 0 Å². The fraction of sp³-hybridized carbons (Fsp3) is 0.905. The van der Waals surface area contributed by atoms with Crippen molar-refractivity contribution in [2.75, 3.05) is 14.1 Å². The molecule has 0 N–H and O–H groups in total. The van der Waals surface area contributed by atoms with Crippen LogP contribution in [0.2, 0.25) is 0 Å². The quantitative estimate of drug-likeness (QED) is 0.679. The van der Waals surface area contributed by atoms with E-state index in [0.717, 1.165) is 37.4 Å². The number of aldehydes is 1. The van der Waals surface area contributed by atoms with Crippen LogP contribution in [0.1, 0.15) is 72.6 Å². The molecule has 3 aliphatic rings. The van der Waals surface area contributed by atoms with Gasteiger partial charge >= 0.3 is 0 Å². The molecule has 3 saturated carbocycles. The van der Waals surface area contributed by atoms with Crippen LogP contribution in [0.4, 0.5) is 0 Å². The number of hydrogen-bond donors (Lipinski definition) is 0. The molecule has 0 aromatic heterocycles. The highest BCUT2D eigenvalue weighted by Gasteiger charge is 2.50. The minimum Gasteiger partial charge on any atom is -0.349 e. The van der Waals surface area contributed by atoms with E-state index in [1.165, 1.54) is 25.7 Å². The Labute approximate surface area is 149 Å². The van der Waals surface area contributed by atoms with Gasteiger partial charge in [0.1, 0.15) is 6.29 Å². The van der Waals surface area contributed by atoms with Gasteiger partial charge in [0.15, 0.2) is 0 Å². The Morgan fingerprint density at radius 2 is 1.42 bits per heavy atom. The maximum Gasteiger partial charge on any atom is 0.226 e. The van der Waals surface area contributed by atoms with Crippen LogP contribution in [-0.2, 0) is 9.59 Å². The van der Waals surface area contributed by atoms with Crippen molar-refractivity contribution in [1.82, 2.24) is 4.90 Å². The summed E-state index contributed by atoms with van der Waals surface area (Å²) in [5, 5.41) is 0. The predicted molar refractivity (Wildman–Crippen MR) is 101 cm³/mol. The molecule has 0 spiro atoms. The zero-order valence-electron chi connectivity index (χ0n) is 16.8. The molecule has 140 valence electrons. The molecular weight excluding hydrogens is 298 g/mol. The monoisotopic (exact) mass is 337 g/mol. The van der Waals surface area contributed by atoms with Crippen molar-refractivity contribution in [3.05, 3.63) is 0 Å². The van der Waals surface area contributed by atoms with E-state index in [4.69, 9.17) is 0 Å². The van der Waals surface area contributed by atoms with E-state index in [9.17, 15) is 9.59 Å². The van der Waals surface area contributed by atoms with Crippen LogP contribution in [-0.4, -0.2) is 31.2 Å². The summed E-state index contributed by atoms with van der Waals surface area (Å²) in [5.41, 5.74) is 0. The van der Waals surface area contributed by atoms with E-state index < -0.39 is 0 Å². The van der Waals surface area contributed by atoms with Crippen LogP contribution >= 0.6 is 0 Å². The Morgan fingerprint density at radius 3 is 1.83 bits per heavy atom. The second-order valence-electron chi connectivity index (χ2n) is 8.04. The van der Waals surface area contributed by atoms with Crippen LogP contribution in [0, 0.1) is 35.5 Å². The average Bonchev–Trinajstić information content (AvgIpc) is 3.20. The Bertz CT molecular complexity index is 383. The van der Waals surface area contributed by atoms with E-state index in [-0.39, 0.29) is 17.7 Å². The first kappa shape index (κ1) is 21.2. The predicted octanol–water partition coefficient (Wildman–Crippen LogP) is 4.79. The number of carbonyl (C=O) groups is 2. The first-order valence-electron chi connectivity index (χ1n) is 10.1. The molecule has 0 heterocycles. The van der Waals surface area contributed by atoms with Crippen LogP contribution in [0.15, 0.2) is 0 Å². The molecule has 3 nitrogen and oxygen atoms in total. The Morgan fingerprint density at radius 1 is 0.917 bits per heavy atom. The van der Waals surface area contributed by atoms with Gasteiger partial charge in [-0.2, -0.15) is 0 Å². The minimum absolute atomic E-state index is 0.00338. The summed E-state index contributed by atoms with van der Waals surface area (Å²) in [6, 6.07) is 0. The first-order chi connectivity index (χ1) is 11.5. The third-order valence-electron chi connectivity index (χ3n) is 6.40. The largest absolute Gasteiger partial charge is 0.349 e. The number of nitrogens with zero attached hydrogens (tertiary/aromatic N) is 1. The number of hydrogen-bond acceptors (Lipinski definition) is 2. The lowest BCUT2D eigenvalue weighted by atomic mass is 9.79. The van der Waals surface area contributed by atoms with Crippen molar-refractivity contribution < 1.29 is 9.59 Å². The molecule has 24 heavy (non-hydrogen) atoms. The Hall–Kier alpha value is -0.860. The summed E-state index contributed by atoms with van der Waals surface area (Å²) >= 11 is 0. The number of amides is 1. The summed E-state index contributed by atoms with van der Waals surface area (Å²) in [4.78, 5) is 24.5. The van der Waals surface area contributed by atoms with Crippen LogP contribution in [0.3, 0.4) is 0 Å². The van der Waals surface area contributed by atoms with Crippen molar-refractivity contribution in [2.24, 2.45) is 35.5 Å². The van der Waals surface area contributed by atoms with Gasteiger partial charge in [-0.25, -0.2) is 0 Å². The molecule has 0 aromatic carbocycles. The second kappa shape index (κ2) is 10.2. The molecule has 6 unspecified atom stereocenters. The lowest BCUT2D eigenvalue weighted by Crippen LogP contribution is -2.38. The highest BCUT2D eigenvalue weighted by molar-refractivity contribution is 5.82. The standard InChI is InChI=1S/C11H17NO2.C8H16.C2H6/c1-12(2)11(14)10-8-4-3-7(5-8)9(10)6-13;1-7-5-3-4-6-8(7)2;1-2/h6-10H,3-5H2,1-2H3;7-8H,3-6H2,1-2H3;1-2H3. The lowest BCUT2D eigenvalue weighted by Gasteiger charge is -2.28. The molecule has 0 saturated heterocycles. The molecule has 0 aromatic rings. The highest BCUT2D eigenvalue weighted by atomic mass is 16.2. The maximum atomic E-state index is 11.9. The number of fused-ring (bicyclic) bond motifs is 2. The van der Waals surface area contributed by atoms with Crippen LogP contribution < -0.4 is 0 Å². The summed E-state index contributed by atoms with van der Waals surface area (Å²) in [6.07, 6.45) is 10.3. The van der Waals surface area contributed by atoms with Crippen molar-refractivity contribution >= 4 is 12.2 Å². The minimum atomic E-state index is -0.0127. The van der Waals surface area contributed by atoms with E-state index >= 15 is 0 Å². The molecule has 1 amide bonds. The van der Waals surface area contributed by atoms with E-state index in [0.29, 0.717) is 11.8 Å². The molecular formula is C21H39NO2. The van der Waals surface area contributed by atoms with Gasteiger partial charge in [-0.15, -0.1) is 0 Å². The Kier molecular flexibility index (Phi) is 9.01. The van der Waals surface area contributed by atoms with Gasteiger partial charge in [-0.1, -0.05) is 53.4 Å². The van der Waals surface area contributed by atoms with E-state index in [1.807, 2.05) is 13.8 Å². The second-order valence-corrected chi connectivity index (χ2v) is 8.04. The van der Waals surface area contributed by atoms with E-state index in [1.54, 1.807) is 19.0 Å². The van der Waals surface area contributed by atoms with Gasteiger partial charge in [0.2, 0.25) is 5.91 Å². The molecule has 0 aliphatic heterocycles. The number of rotatable bonds is 2. The SMILES string of the molecule is CC.CC1CCCCC1C.CN(C)C(=O)C1C2CCC(C2)C1C=O. The van der Waals surface area contributed by atoms with Gasteiger partial charge in [-0.05, 0) is 42.9 Å². The van der Waals surface area contributed by atoms with Gasteiger partial charge in [-0.3, -0.25) is 4.79 Å². The molecule has 3 aliphatic carbocycles.